The number of hydrogen-bond acceptors (Lipinski definition) is 3. The summed E-state index contributed by atoms with van der Waals surface area (Å²) in [5.74, 6) is 0.473. The van der Waals surface area contributed by atoms with Gasteiger partial charge in [-0.25, -0.2) is 0 Å². The standard InChI is InChI=1S/C15H19BrN2O3/c1-17(2)15(20)13-4-3-9-18(13)14(19)10-21-12-7-5-11(16)6-8-12/h5-8,13H,3-4,9-10H2,1-2H3. The summed E-state index contributed by atoms with van der Waals surface area (Å²) in [6, 6.07) is 6.95. The molecule has 1 heterocycles. The van der Waals surface area contributed by atoms with Crippen molar-refractivity contribution in [2.24, 2.45) is 0 Å². The molecule has 0 N–H and O–H groups in total. The first-order valence-corrected chi connectivity index (χ1v) is 7.67. The van der Waals surface area contributed by atoms with Crippen LogP contribution in [0.5, 0.6) is 5.75 Å². The molecule has 0 aliphatic carbocycles. The van der Waals surface area contributed by atoms with Gasteiger partial charge in [0.2, 0.25) is 5.91 Å². The van der Waals surface area contributed by atoms with Gasteiger partial charge in [0.05, 0.1) is 0 Å². The first-order chi connectivity index (χ1) is 9.99. The fraction of sp³-hybridized carbons (Fsp3) is 0.467. The molecule has 0 radical (unpaired) electrons. The number of hydrogen-bond donors (Lipinski definition) is 0. The zero-order chi connectivity index (χ0) is 15.4. The van der Waals surface area contributed by atoms with Crippen molar-refractivity contribution in [1.82, 2.24) is 9.80 Å². The van der Waals surface area contributed by atoms with E-state index in [0.29, 0.717) is 12.3 Å². The number of benzene rings is 1. The van der Waals surface area contributed by atoms with Gasteiger partial charge in [0, 0.05) is 25.1 Å². The summed E-state index contributed by atoms with van der Waals surface area (Å²) in [5, 5.41) is 0. The van der Waals surface area contributed by atoms with Crippen molar-refractivity contribution in [3.63, 3.8) is 0 Å². The zero-order valence-electron chi connectivity index (χ0n) is 12.2. The van der Waals surface area contributed by atoms with E-state index in [-0.39, 0.29) is 24.5 Å². The van der Waals surface area contributed by atoms with E-state index in [0.717, 1.165) is 17.3 Å². The maximum atomic E-state index is 12.2. The maximum absolute atomic E-state index is 12.2. The molecule has 0 spiro atoms. The van der Waals surface area contributed by atoms with Crippen LogP contribution >= 0.6 is 15.9 Å². The molecular weight excluding hydrogens is 336 g/mol. The average molecular weight is 355 g/mol. The highest BCUT2D eigenvalue weighted by Gasteiger charge is 2.34. The van der Waals surface area contributed by atoms with Crippen LogP contribution in [0.3, 0.4) is 0 Å². The Bertz CT molecular complexity index is 516. The fourth-order valence-electron chi connectivity index (χ4n) is 2.38. The molecule has 0 bridgehead atoms. The Morgan fingerprint density at radius 3 is 2.62 bits per heavy atom. The van der Waals surface area contributed by atoms with Crippen molar-refractivity contribution in [2.75, 3.05) is 27.2 Å². The lowest BCUT2D eigenvalue weighted by atomic mass is 10.2. The largest absolute Gasteiger partial charge is 0.484 e. The molecule has 1 unspecified atom stereocenters. The van der Waals surface area contributed by atoms with Gasteiger partial charge in [-0.1, -0.05) is 15.9 Å². The molecule has 0 aromatic heterocycles. The lowest BCUT2D eigenvalue weighted by molar-refractivity contribution is -0.143. The second-order valence-corrected chi connectivity index (χ2v) is 6.14. The predicted octanol–water partition coefficient (Wildman–Crippen LogP) is 1.91. The molecule has 1 aromatic carbocycles. The molecule has 2 rings (SSSR count). The minimum absolute atomic E-state index is 0.0236. The van der Waals surface area contributed by atoms with Crippen LogP contribution in [0.25, 0.3) is 0 Å². The van der Waals surface area contributed by atoms with Crippen molar-refractivity contribution in [1.29, 1.82) is 0 Å². The fourth-order valence-corrected chi connectivity index (χ4v) is 2.64. The molecule has 1 fully saturated rings. The van der Waals surface area contributed by atoms with Crippen molar-refractivity contribution < 1.29 is 14.3 Å². The molecule has 114 valence electrons. The first kappa shape index (κ1) is 15.8. The number of likely N-dealkylation sites (N-methyl/N-ethyl adjacent to an activating group) is 1. The van der Waals surface area contributed by atoms with Crippen molar-refractivity contribution in [3.8, 4) is 5.75 Å². The predicted molar refractivity (Wildman–Crippen MR) is 83.1 cm³/mol. The van der Waals surface area contributed by atoms with Gasteiger partial charge in [-0.2, -0.15) is 0 Å². The average Bonchev–Trinajstić information content (AvgIpc) is 2.94. The highest BCUT2D eigenvalue weighted by molar-refractivity contribution is 9.10. The topological polar surface area (TPSA) is 49.9 Å². The number of nitrogens with zero attached hydrogens (tertiary/aromatic N) is 2. The summed E-state index contributed by atoms with van der Waals surface area (Å²) in [6.45, 7) is 0.575. The van der Waals surface area contributed by atoms with Crippen LogP contribution in [0.1, 0.15) is 12.8 Å². The van der Waals surface area contributed by atoms with Gasteiger partial charge in [-0.15, -0.1) is 0 Å². The lowest BCUT2D eigenvalue weighted by Crippen LogP contribution is -2.46. The molecule has 2 amide bonds. The number of ether oxygens (including phenoxy) is 1. The summed E-state index contributed by atoms with van der Waals surface area (Å²) < 4.78 is 6.44. The molecule has 1 atom stereocenters. The third-order valence-electron chi connectivity index (χ3n) is 3.47. The van der Waals surface area contributed by atoms with E-state index >= 15 is 0 Å². The van der Waals surface area contributed by atoms with Gasteiger partial charge in [0.15, 0.2) is 6.61 Å². The number of halogens is 1. The van der Waals surface area contributed by atoms with Gasteiger partial charge >= 0.3 is 0 Å². The van der Waals surface area contributed by atoms with Crippen LogP contribution in [0.15, 0.2) is 28.7 Å². The van der Waals surface area contributed by atoms with Crippen LogP contribution in [0.2, 0.25) is 0 Å². The third kappa shape index (κ3) is 3.97. The SMILES string of the molecule is CN(C)C(=O)C1CCCN1C(=O)COc1ccc(Br)cc1. The van der Waals surface area contributed by atoms with E-state index < -0.39 is 0 Å². The van der Waals surface area contributed by atoms with E-state index in [1.165, 1.54) is 4.90 Å². The Labute approximate surface area is 133 Å². The Hall–Kier alpha value is -1.56. The van der Waals surface area contributed by atoms with Crippen LogP contribution in [0.4, 0.5) is 0 Å². The second-order valence-electron chi connectivity index (χ2n) is 5.22. The molecule has 1 aliphatic rings. The number of amides is 2. The molecular formula is C15H19BrN2O3. The molecule has 21 heavy (non-hydrogen) atoms. The maximum Gasteiger partial charge on any atom is 0.261 e. The quantitative estimate of drug-likeness (QED) is 0.829. The summed E-state index contributed by atoms with van der Waals surface area (Å²) in [6.07, 6.45) is 1.58. The summed E-state index contributed by atoms with van der Waals surface area (Å²) >= 11 is 3.34. The van der Waals surface area contributed by atoms with E-state index in [1.807, 2.05) is 12.1 Å². The van der Waals surface area contributed by atoms with Gasteiger partial charge in [-0.3, -0.25) is 9.59 Å². The smallest absolute Gasteiger partial charge is 0.261 e. The Morgan fingerprint density at radius 2 is 2.00 bits per heavy atom. The lowest BCUT2D eigenvalue weighted by Gasteiger charge is -2.26. The molecule has 5 nitrogen and oxygen atoms in total. The zero-order valence-corrected chi connectivity index (χ0v) is 13.8. The summed E-state index contributed by atoms with van der Waals surface area (Å²) in [4.78, 5) is 27.5. The molecule has 1 aromatic rings. The highest BCUT2D eigenvalue weighted by atomic mass is 79.9. The minimum Gasteiger partial charge on any atom is -0.484 e. The number of rotatable bonds is 4. The van der Waals surface area contributed by atoms with Crippen LogP contribution in [0, 0.1) is 0 Å². The van der Waals surface area contributed by atoms with Crippen molar-refractivity contribution in [3.05, 3.63) is 28.7 Å². The number of carbonyl (C=O) groups excluding carboxylic acids is 2. The van der Waals surface area contributed by atoms with Gasteiger partial charge in [0.25, 0.3) is 5.91 Å². The number of likely N-dealkylation sites (tertiary alicyclic amines) is 1. The van der Waals surface area contributed by atoms with Gasteiger partial charge in [0.1, 0.15) is 11.8 Å². The van der Waals surface area contributed by atoms with E-state index in [2.05, 4.69) is 15.9 Å². The van der Waals surface area contributed by atoms with Crippen LogP contribution < -0.4 is 4.74 Å². The normalized spacial score (nSPS) is 17.7. The molecule has 1 aliphatic heterocycles. The van der Waals surface area contributed by atoms with E-state index in [4.69, 9.17) is 4.74 Å². The highest BCUT2D eigenvalue weighted by Crippen LogP contribution is 2.20. The van der Waals surface area contributed by atoms with E-state index in [1.54, 1.807) is 31.1 Å². The number of carbonyl (C=O) groups is 2. The van der Waals surface area contributed by atoms with E-state index in [9.17, 15) is 9.59 Å². The van der Waals surface area contributed by atoms with Crippen molar-refractivity contribution >= 4 is 27.7 Å². The Balaban J connectivity index is 1.93. The molecule has 6 heteroatoms. The second kappa shape index (κ2) is 6.93. The summed E-state index contributed by atoms with van der Waals surface area (Å²) in [7, 11) is 3.42. The molecule has 0 saturated carbocycles. The van der Waals surface area contributed by atoms with Gasteiger partial charge in [-0.05, 0) is 37.1 Å². The molecule has 1 saturated heterocycles. The monoisotopic (exact) mass is 354 g/mol. The minimum atomic E-state index is -0.346. The van der Waals surface area contributed by atoms with Crippen LogP contribution in [-0.2, 0) is 9.59 Å². The third-order valence-corrected chi connectivity index (χ3v) is 4.00. The van der Waals surface area contributed by atoms with Crippen LogP contribution in [-0.4, -0.2) is 54.9 Å². The Morgan fingerprint density at radius 1 is 1.33 bits per heavy atom. The first-order valence-electron chi connectivity index (χ1n) is 6.88. The summed E-state index contributed by atoms with van der Waals surface area (Å²) in [5.41, 5.74) is 0. The Kier molecular flexibility index (Phi) is 5.22. The van der Waals surface area contributed by atoms with Crippen molar-refractivity contribution in [2.45, 2.75) is 18.9 Å². The van der Waals surface area contributed by atoms with Gasteiger partial charge < -0.3 is 14.5 Å².